The molecule has 2 aromatic carbocycles. The maximum atomic E-state index is 12.9. The van der Waals surface area contributed by atoms with E-state index in [2.05, 4.69) is 9.46 Å². The Morgan fingerprint density at radius 1 is 1.23 bits per heavy atom. The first kappa shape index (κ1) is 22.1. The van der Waals surface area contributed by atoms with E-state index in [1.165, 1.54) is 6.07 Å². The van der Waals surface area contributed by atoms with E-state index in [9.17, 15) is 23.4 Å². The van der Waals surface area contributed by atoms with Crippen LogP contribution in [0.3, 0.4) is 0 Å². The fraction of sp³-hybridized carbons (Fsp3) is 0.409. The molecular weight excluding hydrogens is 406 g/mol. The minimum atomic E-state index is -4.01. The number of benzene rings is 2. The summed E-state index contributed by atoms with van der Waals surface area (Å²) in [4.78, 5) is 11.6. The van der Waals surface area contributed by atoms with E-state index >= 15 is 0 Å². The summed E-state index contributed by atoms with van der Waals surface area (Å²) in [5.41, 5.74) is 2.09. The van der Waals surface area contributed by atoms with Crippen LogP contribution in [-0.4, -0.2) is 37.8 Å². The topological polar surface area (TPSA) is 113 Å². The molecule has 2 aromatic rings. The normalized spacial score (nSPS) is 14.9. The van der Waals surface area contributed by atoms with Gasteiger partial charge in [0.05, 0.1) is 23.8 Å². The lowest BCUT2D eigenvalue weighted by atomic mass is 10.00. The van der Waals surface area contributed by atoms with E-state index in [1.54, 1.807) is 6.07 Å². The van der Waals surface area contributed by atoms with E-state index in [0.717, 1.165) is 49.6 Å². The molecule has 3 rings (SSSR count). The number of carbonyl (C=O) groups excluding carboxylic acids is 1. The maximum Gasteiger partial charge on any atom is 0.341 e. The highest BCUT2D eigenvalue weighted by molar-refractivity contribution is 7.92. The van der Waals surface area contributed by atoms with Gasteiger partial charge in [0, 0.05) is 0 Å². The maximum absolute atomic E-state index is 12.9. The molecule has 0 radical (unpaired) electrons. The molecule has 1 aliphatic rings. The summed E-state index contributed by atoms with van der Waals surface area (Å²) in [5, 5.41) is 20.0. The minimum absolute atomic E-state index is 0.163. The van der Waals surface area contributed by atoms with Crippen molar-refractivity contribution < 1.29 is 28.2 Å². The van der Waals surface area contributed by atoms with Crippen molar-refractivity contribution in [3.8, 4) is 5.75 Å². The van der Waals surface area contributed by atoms with Gasteiger partial charge in [-0.15, -0.1) is 0 Å². The average molecular weight is 434 g/mol. The molecule has 3 N–H and O–H groups in total. The lowest BCUT2D eigenvalue weighted by molar-refractivity contribution is 0.0597. The highest BCUT2D eigenvalue weighted by atomic mass is 32.2. The Hall–Kier alpha value is -2.58. The molecule has 0 amide bonds. The Labute approximate surface area is 176 Å². The lowest BCUT2D eigenvalue weighted by Crippen LogP contribution is -2.16. The quantitative estimate of drug-likeness (QED) is 0.523. The van der Waals surface area contributed by atoms with Crippen molar-refractivity contribution in [2.45, 2.75) is 50.0 Å². The van der Waals surface area contributed by atoms with Crippen molar-refractivity contribution >= 4 is 21.7 Å². The third kappa shape index (κ3) is 5.12. The number of hydrogen-bond donors (Lipinski definition) is 3. The first-order chi connectivity index (χ1) is 14.2. The number of phenols is 1. The Kier molecular flexibility index (Phi) is 6.67. The van der Waals surface area contributed by atoms with Crippen LogP contribution in [0.15, 0.2) is 41.3 Å². The number of aryl methyl sites for hydroxylation is 2. The zero-order valence-corrected chi connectivity index (χ0v) is 17.9. The van der Waals surface area contributed by atoms with Gasteiger partial charge in [-0.3, -0.25) is 4.72 Å². The summed E-state index contributed by atoms with van der Waals surface area (Å²) in [7, 11) is -2.86. The van der Waals surface area contributed by atoms with Gasteiger partial charge in [-0.1, -0.05) is 19.1 Å². The number of aliphatic hydroxyl groups excluding tert-OH is 1. The third-order valence-electron chi connectivity index (χ3n) is 5.38. The molecule has 30 heavy (non-hydrogen) atoms. The molecular formula is C22H27NO6S. The predicted molar refractivity (Wildman–Crippen MR) is 113 cm³/mol. The SMILES string of the molecule is CCc1ccc(NS(=O)(=O)c2ccc(O)c(C(=O)OC)c2)c(CC[C@@H](O)C2CC2)c1. The van der Waals surface area contributed by atoms with Crippen molar-refractivity contribution in [3.05, 3.63) is 53.1 Å². The molecule has 0 unspecified atom stereocenters. The van der Waals surface area contributed by atoms with Gasteiger partial charge in [0.15, 0.2) is 0 Å². The monoisotopic (exact) mass is 433 g/mol. The van der Waals surface area contributed by atoms with Crippen molar-refractivity contribution in [2.75, 3.05) is 11.8 Å². The second-order valence-electron chi connectivity index (χ2n) is 7.56. The number of hydrogen-bond acceptors (Lipinski definition) is 6. The molecule has 1 atom stereocenters. The highest BCUT2D eigenvalue weighted by Gasteiger charge is 2.29. The molecule has 8 heteroatoms. The molecule has 0 saturated heterocycles. The first-order valence-electron chi connectivity index (χ1n) is 9.99. The number of aromatic hydroxyl groups is 1. The molecule has 0 aromatic heterocycles. The standard InChI is InChI=1S/C22H27NO6S/c1-3-14-4-9-19(16(12-14)7-10-20(24)15-5-6-15)23-30(27,28)17-8-11-21(25)18(13-17)22(26)29-2/h4,8-9,11-13,15,20,23-25H,3,5-7,10H2,1-2H3/t20-/m1/s1. The van der Waals surface area contributed by atoms with Gasteiger partial charge < -0.3 is 14.9 Å². The number of ether oxygens (including phenoxy) is 1. The van der Waals surface area contributed by atoms with Crippen LogP contribution < -0.4 is 4.72 Å². The number of rotatable bonds is 9. The summed E-state index contributed by atoms with van der Waals surface area (Å²) < 4.78 is 33.1. The average Bonchev–Trinajstić information content (AvgIpc) is 3.57. The molecule has 0 bridgehead atoms. The van der Waals surface area contributed by atoms with Gasteiger partial charge in [0.1, 0.15) is 11.3 Å². The molecule has 1 saturated carbocycles. The molecule has 0 heterocycles. The second kappa shape index (κ2) is 9.06. The highest BCUT2D eigenvalue weighted by Crippen LogP contribution is 2.35. The third-order valence-corrected chi connectivity index (χ3v) is 6.74. The van der Waals surface area contributed by atoms with Crippen LogP contribution in [0.5, 0.6) is 5.75 Å². The predicted octanol–water partition coefficient (Wildman–Crippen LogP) is 3.25. The fourth-order valence-electron chi connectivity index (χ4n) is 3.35. The van der Waals surface area contributed by atoms with Gasteiger partial charge >= 0.3 is 5.97 Å². The molecule has 0 aliphatic heterocycles. The van der Waals surface area contributed by atoms with Crippen molar-refractivity contribution in [3.63, 3.8) is 0 Å². The van der Waals surface area contributed by atoms with Crippen LogP contribution in [0.4, 0.5) is 5.69 Å². The number of phenolic OH excluding ortho intramolecular Hbond substituents is 1. The van der Waals surface area contributed by atoms with E-state index < -0.39 is 16.0 Å². The van der Waals surface area contributed by atoms with Crippen LogP contribution in [0.2, 0.25) is 0 Å². The second-order valence-corrected chi connectivity index (χ2v) is 9.25. The summed E-state index contributed by atoms with van der Waals surface area (Å²) in [5.74, 6) is -0.831. The van der Waals surface area contributed by atoms with Crippen LogP contribution in [0, 0.1) is 5.92 Å². The first-order valence-corrected chi connectivity index (χ1v) is 11.5. The zero-order chi connectivity index (χ0) is 21.9. The molecule has 1 aliphatic carbocycles. The number of sulfonamides is 1. The largest absolute Gasteiger partial charge is 0.507 e. The number of esters is 1. The van der Waals surface area contributed by atoms with E-state index in [0.29, 0.717) is 24.4 Å². The number of carbonyl (C=O) groups is 1. The van der Waals surface area contributed by atoms with Gasteiger partial charge in [0.2, 0.25) is 0 Å². The molecule has 162 valence electrons. The summed E-state index contributed by atoms with van der Waals surface area (Å²) >= 11 is 0. The Balaban J connectivity index is 1.87. The number of methoxy groups -OCH3 is 1. The number of anilines is 1. The Morgan fingerprint density at radius 3 is 2.60 bits per heavy atom. The van der Waals surface area contributed by atoms with Gasteiger partial charge in [-0.25, -0.2) is 13.2 Å². The molecule has 0 spiro atoms. The van der Waals surface area contributed by atoms with E-state index in [4.69, 9.17) is 0 Å². The van der Waals surface area contributed by atoms with Crippen molar-refractivity contribution in [1.29, 1.82) is 0 Å². The van der Waals surface area contributed by atoms with E-state index in [-0.39, 0.29) is 22.3 Å². The summed E-state index contributed by atoms with van der Waals surface area (Å²) in [6.45, 7) is 2.02. The number of aliphatic hydroxyl groups is 1. The van der Waals surface area contributed by atoms with E-state index in [1.807, 2.05) is 19.1 Å². The molecule has 1 fully saturated rings. The Bertz CT molecular complexity index is 1030. The summed E-state index contributed by atoms with van der Waals surface area (Å²) in [6.07, 6.45) is 3.63. The minimum Gasteiger partial charge on any atom is -0.507 e. The van der Waals surface area contributed by atoms with Crippen LogP contribution in [0.25, 0.3) is 0 Å². The number of nitrogens with one attached hydrogen (secondary N) is 1. The fourth-order valence-corrected chi connectivity index (χ4v) is 4.48. The van der Waals surface area contributed by atoms with Gasteiger partial charge in [-0.2, -0.15) is 0 Å². The van der Waals surface area contributed by atoms with Crippen molar-refractivity contribution in [2.24, 2.45) is 5.92 Å². The van der Waals surface area contributed by atoms with Gasteiger partial charge in [-0.05, 0) is 73.4 Å². The van der Waals surface area contributed by atoms with Crippen LogP contribution in [0.1, 0.15) is 47.7 Å². The van der Waals surface area contributed by atoms with Crippen molar-refractivity contribution in [1.82, 2.24) is 0 Å². The van der Waals surface area contributed by atoms with Crippen LogP contribution in [-0.2, 0) is 27.6 Å². The Morgan fingerprint density at radius 2 is 1.97 bits per heavy atom. The zero-order valence-electron chi connectivity index (χ0n) is 17.1. The van der Waals surface area contributed by atoms with Gasteiger partial charge in [0.25, 0.3) is 10.0 Å². The summed E-state index contributed by atoms with van der Waals surface area (Å²) in [6, 6.07) is 8.98. The smallest absolute Gasteiger partial charge is 0.341 e. The van der Waals surface area contributed by atoms with Crippen LogP contribution >= 0.6 is 0 Å². The lowest BCUT2D eigenvalue weighted by Gasteiger charge is -2.16. The molecule has 7 nitrogen and oxygen atoms in total.